The summed E-state index contributed by atoms with van der Waals surface area (Å²) in [6.45, 7) is 4.75. The molecule has 0 saturated heterocycles. The molecule has 0 aliphatic rings. The maximum absolute atomic E-state index is 11.8. The second-order valence-electron chi connectivity index (χ2n) is 12.5. The molecule has 0 spiro atoms. The predicted octanol–water partition coefficient (Wildman–Crippen LogP) is 9.85. The number of esters is 1. The summed E-state index contributed by atoms with van der Waals surface area (Å²) in [5, 5.41) is 66.0. The second-order valence-corrected chi connectivity index (χ2v) is 12.5. The van der Waals surface area contributed by atoms with Gasteiger partial charge in [-0.1, -0.05) is 129 Å². The minimum absolute atomic E-state index is 0.0230. The van der Waals surface area contributed by atoms with E-state index in [1.54, 1.807) is 0 Å². The van der Waals surface area contributed by atoms with E-state index >= 15 is 0 Å². The minimum Gasteiger partial charge on any atom is -0.504 e. The summed E-state index contributed by atoms with van der Waals surface area (Å²) in [5.41, 5.74) is 0.0611. The van der Waals surface area contributed by atoms with Crippen molar-refractivity contribution in [2.45, 2.75) is 149 Å². The number of hydrogen-bond acceptors (Lipinski definition) is 9. The Kier molecular flexibility index (Phi) is 22.2. The lowest BCUT2D eigenvalue weighted by atomic mass is 9.98. The third kappa shape index (κ3) is 16.8. The van der Waals surface area contributed by atoms with E-state index in [1.165, 1.54) is 89.9 Å². The van der Waals surface area contributed by atoms with Crippen molar-refractivity contribution in [3.8, 4) is 34.5 Å². The Morgan fingerprint density at radius 1 is 0.521 bits per heavy atom. The number of unbranched alkanes of at least 4 members (excludes halogenated alkanes) is 18. The summed E-state index contributed by atoms with van der Waals surface area (Å²) in [6, 6.07) is 3.15. The van der Waals surface area contributed by atoms with Crippen LogP contribution in [0.2, 0.25) is 0 Å². The zero-order chi connectivity index (χ0) is 35.7. The monoisotopic (exact) mass is 676 g/mol. The fraction of sp³-hybridized carbons (Fsp3) is 0.632. The standard InChI is InChI=1S/2C19H30O5/c1-2-3-4-5-6-7-8-9-10-11-12-24-19(23)15-13-16(20)18(22)17(21)14-15;1-2-3-4-5-6-7-8-9-10-11-12-14-15(19(23)24)13-16(20)18(22)17(14)21/h13-14,20-22H,2-12H2,1H3;13,20-22H,2-12H2,1H3,(H,23,24). The van der Waals surface area contributed by atoms with Gasteiger partial charge in [0.05, 0.1) is 17.7 Å². The molecule has 0 heterocycles. The van der Waals surface area contributed by atoms with Crippen molar-refractivity contribution < 1.29 is 50.1 Å². The van der Waals surface area contributed by atoms with Crippen LogP contribution in [0.3, 0.4) is 0 Å². The van der Waals surface area contributed by atoms with E-state index in [9.17, 15) is 40.2 Å². The number of phenols is 6. The average Bonchev–Trinajstić information content (AvgIpc) is 3.06. The number of carbonyl (C=O) groups excluding carboxylic acids is 1. The molecule has 272 valence electrons. The first-order chi connectivity index (χ1) is 23.0. The van der Waals surface area contributed by atoms with Gasteiger partial charge in [0.2, 0.25) is 5.75 Å². The third-order valence-electron chi connectivity index (χ3n) is 8.41. The van der Waals surface area contributed by atoms with Crippen LogP contribution in [0.15, 0.2) is 18.2 Å². The van der Waals surface area contributed by atoms with Gasteiger partial charge in [-0.25, -0.2) is 9.59 Å². The first-order valence-corrected chi connectivity index (χ1v) is 18.0. The lowest BCUT2D eigenvalue weighted by Gasteiger charge is -2.11. The molecule has 0 amide bonds. The highest BCUT2D eigenvalue weighted by Crippen LogP contribution is 2.40. The molecule has 0 bridgehead atoms. The molecule has 0 atom stereocenters. The van der Waals surface area contributed by atoms with Gasteiger partial charge >= 0.3 is 11.9 Å². The van der Waals surface area contributed by atoms with E-state index in [-0.39, 0.29) is 16.7 Å². The van der Waals surface area contributed by atoms with Crippen LogP contribution in [-0.2, 0) is 11.2 Å². The highest BCUT2D eigenvalue weighted by atomic mass is 16.5. The maximum atomic E-state index is 11.8. The number of hydrogen-bond donors (Lipinski definition) is 7. The molecule has 48 heavy (non-hydrogen) atoms. The molecule has 0 aliphatic carbocycles. The largest absolute Gasteiger partial charge is 0.504 e. The normalized spacial score (nSPS) is 10.8. The Balaban J connectivity index is 0.000000480. The maximum Gasteiger partial charge on any atom is 0.338 e. The Morgan fingerprint density at radius 2 is 0.917 bits per heavy atom. The number of aromatic carboxylic acids is 1. The molecule has 10 heteroatoms. The van der Waals surface area contributed by atoms with Gasteiger partial charge in [0.1, 0.15) is 0 Å². The van der Waals surface area contributed by atoms with E-state index in [2.05, 4.69) is 13.8 Å². The van der Waals surface area contributed by atoms with Gasteiger partial charge in [-0.15, -0.1) is 0 Å². The van der Waals surface area contributed by atoms with Crippen molar-refractivity contribution in [1.29, 1.82) is 0 Å². The molecule has 0 unspecified atom stereocenters. The van der Waals surface area contributed by atoms with Crippen LogP contribution in [-0.4, -0.2) is 54.3 Å². The van der Waals surface area contributed by atoms with E-state index in [4.69, 9.17) is 9.84 Å². The molecule has 2 aromatic carbocycles. The summed E-state index contributed by atoms with van der Waals surface area (Å²) in [5.74, 6) is -5.34. The van der Waals surface area contributed by atoms with Gasteiger partial charge in [-0.2, -0.15) is 0 Å². The van der Waals surface area contributed by atoms with E-state index < -0.39 is 46.4 Å². The predicted molar refractivity (Wildman–Crippen MR) is 188 cm³/mol. The topological polar surface area (TPSA) is 185 Å². The van der Waals surface area contributed by atoms with E-state index in [0.29, 0.717) is 13.0 Å². The third-order valence-corrected chi connectivity index (χ3v) is 8.41. The van der Waals surface area contributed by atoms with Crippen LogP contribution in [0.25, 0.3) is 0 Å². The van der Waals surface area contributed by atoms with E-state index in [1.807, 2.05) is 0 Å². The van der Waals surface area contributed by atoms with Crippen LogP contribution in [0.1, 0.15) is 169 Å². The molecule has 0 saturated carbocycles. The summed E-state index contributed by atoms with van der Waals surface area (Å²) < 4.78 is 5.11. The van der Waals surface area contributed by atoms with Gasteiger partial charge in [0.15, 0.2) is 28.7 Å². The van der Waals surface area contributed by atoms with Crippen LogP contribution in [0.5, 0.6) is 34.5 Å². The summed E-state index contributed by atoms with van der Waals surface area (Å²) in [4.78, 5) is 23.0. The van der Waals surface area contributed by atoms with Gasteiger partial charge in [-0.05, 0) is 37.5 Å². The fourth-order valence-corrected chi connectivity index (χ4v) is 5.48. The Labute approximate surface area is 286 Å². The quantitative estimate of drug-likeness (QED) is 0.0321. The molecule has 0 aromatic heterocycles. The first kappa shape index (κ1) is 42.2. The number of carboxylic acids is 1. The Hall–Kier alpha value is -3.82. The molecule has 0 radical (unpaired) electrons. The number of rotatable bonds is 24. The molecular weight excluding hydrogens is 616 g/mol. The summed E-state index contributed by atoms with van der Waals surface area (Å²) >= 11 is 0. The average molecular weight is 677 g/mol. The van der Waals surface area contributed by atoms with Crippen LogP contribution >= 0.6 is 0 Å². The Morgan fingerprint density at radius 3 is 1.35 bits per heavy atom. The zero-order valence-corrected chi connectivity index (χ0v) is 29.1. The first-order valence-electron chi connectivity index (χ1n) is 18.0. The minimum atomic E-state index is -1.22. The van der Waals surface area contributed by atoms with Crippen molar-refractivity contribution in [2.75, 3.05) is 6.61 Å². The molecule has 2 rings (SSSR count). The number of ether oxygens (including phenoxy) is 1. The molecule has 0 fully saturated rings. The smallest absolute Gasteiger partial charge is 0.338 e. The number of phenolic OH excluding ortho intramolecular Hbond substituents is 6. The SMILES string of the molecule is CCCCCCCCCCCCOC(=O)c1cc(O)c(O)c(O)c1.CCCCCCCCCCCCc1c(C(=O)O)cc(O)c(O)c1O. The zero-order valence-electron chi connectivity index (χ0n) is 29.1. The lowest BCUT2D eigenvalue weighted by Crippen LogP contribution is -2.06. The van der Waals surface area contributed by atoms with E-state index in [0.717, 1.165) is 56.7 Å². The van der Waals surface area contributed by atoms with Gasteiger partial charge in [-0.3, -0.25) is 0 Å². The van der Waals surface area contributed by atoms with Crippen LogP contribution < -0.4 is 0 Å². The van der Waals surface area contributed by atoms with Crippen LogP contribution in [0, 0.1) is 0 Å². The number of carboxylic acid groups (broad SMARTS) is 1. The van der Waals surface area contributed by atoms with Gasteiger partial charge in [0.25, 0.3) is 0 Å². The van der Waals surface area contributed by atoms with Gasteiger partial charge in [0, 0.05) is 5.56 Å². The molecule has 10 nitrogen and oxygen atoms in total. The second kappa shape index (κ2) is 25.2. The number of benzene rings is 2. The Bertz CT molecular complexity index is 1190. The van der Waals surface area contributed by atoms with Crippen molar-refractivity contribution >= 4 is 11.9 Å². The highest BCUT2D eigenvalue weighted by Gasteiger charge is 2.20. The van der Waals surface area contributed by atoms with Crippen LogP contribution in [0.4, 0.5) is 0 Å². The molecule has 7 N–H and O–H groups in total. The fourth-order valence-electron chi connectivity index (χ4n) is 5.48. The summed E-state index contributed by atoms with van der Waals surface area (Å²) in [7, 11) is 0. The number of aromatic hydroxyl groups is 6. The van der Waals surface area contributed by atoms with Crippen molar-refractivity contribution in [2.24, 2.45) is 0 Å². The van der Waals surface area contributed by atoms with Gasteiger partial charge < -0.3 is 40.5 Å². The number of carbonyl (C=O) groups is 2. The molecule has 0 aliphatic heterocycles. The van der Waals surface area contributed by atoms with Crippen molar-refractivity contribution in [3.05, 3.63) is 34.9 Å². The molecule has 2 aromatic rings. The highest BCUT2D eigenvalue weighted by molar-refractivity contribution is 5.92. The van der Waals surface area contributed by atoms with Crippen molar-refractivity contribution in [1.82, 2.24) is 0 Å². The summed E-state index contributed by atoms with van der Waals surface area (Å²) in [6.07, 6.45) is 24.1. The molecular formula is C38H60O10. The lowest BCUT2D eigenvalue weighted by molar-refractivity contribution is 0.0496. The van der Waals surface area contributed by atoms with Crippen molar-refractivity contribution in [3.63, 3.8) is 0 Å².